The third kappa shape index (κ3) is 5.00. The first-order chi connectivity index (χ1) is 13.5. The highest BCUT2D eigenvalue weighted by Gasteiger charge is 2.46. The van der Waals surface area contributed by atoms with Crippen molar-refractivity contribution >= 4 is 33.4 Å². The van der Waals surface area contributed by atoms with E-state index < -0.39 is 57.4 Å². The molecule has 1 aromatic rings. The fraction of sp³-hybridized carbons (Fsp3) is 0.471. The summed E-state index contributed by atoms with van der Waals surface area (Å²) in [5.41, 5.74) is -0.214. The van der Waals surface area contributed by atoms with Gasteiger partial charge in [0.1, 0.15) is 33.6 Å². The van der Waals surface area contributed by atoms with Gasteiger partial charge in [0.2, 0.25) is 11.8 Å². The van der Waals surface area contributed by atoms with E-state index in [0.29, 0.717) is 6.07 Å². The zero-order valence-corrected chi connectivity index (χ0v) is 16.3. The second kappa shape index (κ2) is 7.93. The van der Waals surface area contributed by atoms with E-state index >= 15 is 0 Å². The predicted molar refractivity (Wildman–Crippen MR) is 98.7 cm³/mol. The summed E-state index contributed by atoms with van der Waals surface area (Å²) in [5.74, 6) is -2.79. The molecule has 2 fully saturated rings. The van der Waals surface area contributed by atoms with Crippen molar-refractivity contribution in [3.8, 4) is 0 Å². The van der Waals surface area contributed by atoms with Gasteiger partial charge in [-0.05, 0) is 25.0 Å². The summed E-state index contributed by atoms with van der Waals surface area (Å²) >= 11 is 0. The van der Waals surface area contributed by atoms with Gasteiger partial charge in [0.15, 0.2) is 0 Å². The van der Waals surface area contributed by atoms with Crippen LogP contribution in [0.2, 0.25) is 0 Å². The average Bonchev–Trinajstić information content (AvgIpc) is 3.03. The first kappa shape index (κ1) is 21.0. The Labute approximate surface area is 165 Å². The third-order valence-electron chi connectivity index (χ3n) is 4.79. The van der Waals surface area contributed by atoms with E-state index in [0.717, 1.165) is 18.4 Å². The van der Waals surface area contributed by atoms with Crippen LogP contribution >= 0.6 is 0 Å². The molecular formula is C17H20F2N4O5S. The largest absolute Gasteiger partial charge is 0.342 e. The minimum Gasteiger partial charge on any atom is -0.342 e. The third-order valence-corrected chi connectivity index (χ3v) is 5.77. The van der Waals surface area contributed by atoms with E-state index in [2.05, 4.69) is 16.0 Å². The molecule has 2 saturated heterocycles. The van der Waals surface area contributed by atoms with Crippen molar-refractivity contribution in [2.75, 3.05) is 23.9 Å². The van der Waals surface area contributed by atoms with Crippen LogP contribution in [0.3, 0.4) is 0 Å². The standard InChI is InChI=1S/C17H20F2N4O5S/c1-29(27,28)5-4-13-16(25)23-8-10(7-14(23)15(24)21-13)20-17(26)22-12-3-2-9(18)6-11(12)19/h2-3,6,10,13-14H,4-5,7-8H2,1H3,(H,21,24)(H2,20,22,26). The quantitative estimate of drug-likeness (QED) is 0.606. The summed E-state index contributed by atoms with van der Waals surface area (Å²) in [7, 11) is -3.29. The average molecular weight is 430 g/mol. The van der Waals surface area contributed by atoms with Crippen LogP contribution in [0.25, 0.3) is 0 Å². The van der Waals surface area contributed by atoms with Gasteiger partial charge in [-0.2, -0.15) is 0 Å². The fourth-order valence-electron chi connectivity index (χ4n) is 3.42. The fourth-order valence-corrected chi connectivity index (χ4v) is 4.09. The highest BCUT2D eigenvalue weighted by atomic mass is 32.2. The summed E-state index contributed by atoms with van der Waals surface area (Å²) in [5, 5.41) is 7.34. The zero-order chi connectivity index (χ0) is 21.3. The number of rotatable bonds is 5. The van der Waals surface area contributed by atoms with Gasteiger partial charge >= 0.3 is 6.03 Å². The molecule has 12 heteroatoms. The molecule has 29 heavy (non-hydrogen) atoms. The SMILES string of the molecule is CS(=O)(=O)CCC1NC(=O)C2CC(NC(=O)Nc3ccc(F)cc3F)CN2C1=O. The molecule has 1 aromatic carbocycles. The van der Waals surface area contributed by atoms with Crippen molar-refractivity contribution in [3.05, 3.63) is 29.8 Å². The van der Waals surface area contributed by atoms with Crippen molar-refractivity contribution in [2.24, 2.45) is 0 Å². The number of halogens is 2. The van der Waals surface area contributed by atoms with Gasteiger partial charge < -0.3 is 20.9 Å². The molecule has 4 amide bonds. The Morgan fingerprint density at radius 2 is 2.03 bits per heavy atom. The Balaban J connectivity index is 1.60. The molecular weight excluding hydrogens is 410 g/mol. The summed E-state index contributed by atoms with van der Waals surface area (Å²) in [6, 6.07) is -0.335. The lowest BCUT2D eigenvalue weighted by Gasteiger charge is -2.34. The van der Waals surface area contributed by atoms with Crippen LogP contribution in [-0.4, -0.2) is 67.8 Å². The number of nitrogens with zero attached hydrogens (tertiary/aromatic N) is 1. The normalized spacial score (nSPS) is 24.1. The summed E-state index contributed by atoms with van der Waals surface area (Å²) in [6.45, 7) is 0.0611. The monoisotopic (exact) mass is 430 g/mol. The molecule has 2 aliphatic rings. The zero-order valence-electron chi connectivity index (χ0n) is 15.4. The lowest BCUT2D eigenvalue weighted by molar-refractivity contribution is -0.147. The Morgan fingerprint density at radius 3 is 2.69 bits per heavy atom. The lowest BCUT2D eigenvalue weighted by atomic mass is 10.1. The van der Waals surface area contributed by atoms with Crippen molar-refractivity contribution in [2.45, 2.75) is 31.0 Å². The molecule has 158 valence electrons. The van der Waals surface area contributed by atoms with E-state index in [9.17, 15) is 31.6 Å². The van der Waals surface area contributed by atoms with Gasteiger partial charge in [-0.1, -0.05) is 0 Å². The Bertz CT molecular complexity index is 955. The molecule has 3 rings (SSSR count). The van der Waals surface area contributed by atoms with Crippen LogP contribution < -0.4 is 16.0 Å². The smallest absolute Gasteiger partial charge is 0.319 e. The molecule has 0 saturated carbocycles. The van der Waals surface area contributed by atoms with Crippen molar-refractivity contribution in [1.82, 2.24) is 15.5 Å². The maximum atomic E-state index is 13.6. The first-order valence-corrected chi connectivity index (χ1v) is 10.9. The maximum absolute atomic E-state index is 13.6. The van der Waals surface area contributed by atoms with Crippen molar-refractivity contribution < 1.29 is 31.6 Å². The number of carbonyl (C=O) groups is 3. The van der Waals surface area contributed by atoms with E-state index in [1.807, 2.05) is 0 Å². The highest BCUT2D eigenvalue weighted by molar-refractivity contribution is 7.90. The second-order valence-corrected chi connectivity index (χ2v) is 9.40. The summed E-state index contributed by atoms with van der Waals surface area (Å²) in [6.07, 6.45) is 1.17. The molecule has 3 unspecified atom stereocenters. The Hall–Kier alpha value is -2.76. The van der Waals surface area contributed by atoms with Crippen molar-refractivity contribution in [3.63, 3.8) is 0 Å². The molecule has 3 atom stereocenters. The van der Waals surface area contributed by atoms with Gasteiger partial charge in [0.05, 0.1) is 17.5 Å². The number of sulfone groups is 1. The maximum Gasteiger partial charge on any atom is 0.319 e. The van der Waals surface area contributed by atoms with Crippen LogP contribution in [0.5, 0.6) is 0 Å². The minimum absolute atomic E-state index is 0.0327. The van der Waals surface area contributed by atoms with Gasteiger partial charge in [-0.3, -0.25) is 9.59 Å². The van der Waals surface area contributed by atoms with E-state index in [1.54, 1.807) is 0 Å². The summed E-state index contributed by atoms with van der Waals surface area (Å²) in [4.78, 5) is 38.3. The first-order valence-electron chi connectivity index (χ1n) is 8.84. The number of nitrogens with one attached hydrogen (secondary N) is 3. The van der Waals surface area contributed by atoms with Gasteiger partial charge in [0.25, 0.3) is 0 Å². The second-order valence-electron chi connectivity index (χ2n) is 7.14. The molecule has 0 bridgehead atoms. The molecule has 3 N–H and O–H groups in total. The Morgan fingerprint density at radius 1 is 1.31 bits per heavy atom. The molecule has 9 nitrogen and oxygen atoms in total. The number of carbonyl (C=O) groups excluding carboxylic acids is 3. The number of benzene rings is 1. The van der Waals surface area contributed by atoms with Gasteiger partial charge in [-0.15, -0.1) is 0 Å². The van der Waals surface area contributed by atoms with Gasteiger partial charge in [0, 0.05) is 18.9 Å². The topological polar surface area (TPSA) is 125 Å². The molecule has 0 spiro atoms. The van der Waals surface area contributed by atoms with Crippen LogP contribution in [0.1, 0.15) is 12.8 Å². The van der Waals surface area contributed by atoms with Crippen LogP contribution in [-0.2, 0) is 19.4 Å². The number of hydrogen-bond donors (Lipinski definition) is 3. The van der Waals surface area contributed by atoms with E-state index in [-0.39, 0.29) is 30.8 Å². The van der Waals surface area contributed by atoms with Gasteiger partial charge in [-0.25, -0.2) is 22.0 Å². The lowest BCUT2D eigenvalue weighted by Crippen LogP contribution is -2.61. The van der Waals surface area contributed by atoms with Crippen LogP contribution in [0.4, 0.5) is 19.3 Å². The van der Waals surface area contributed by atoms with Crippen LogP contribution in [0.15, 0.2) is 18.2 Å². The number of piperazine rings is 1. The number of amides is 4. The highest BCUT2D eigenvalue weighted by Crippen LogP contribution is 2.24. The van der Waals surface area contributed by atoms with E-state index in [1.165, 1.54) is 4.90 Å². The number of urea groups is 1. The predicted octanol–water partition coefficient (Wildman–Crippen LogP) is -0.0111. The molecule has 0 radical (unpaired) electrons. The number of hydrogen-bond acceptors (Lipinski definition) is 5. The van der Waals surface area contributed by atoms with Crippen LogP contribution in [0, 0.1) is 11.6 Å². The summed E-state index contributed by atoms with van der Waals surface area (Å²) < 4.78 is 49.2. The molecule has 0 aromatic heterocycles. The minimum atomic E-state index is -3.29. The molecule has 2 aliphatic heterocycles. The number of fused-ring (bicyclic) bond motifs is 1. The van der Waals surface area contributed by atoms with E-state index in [4.69, 9.17) is 0 Å². The number of anilines is 1. The molecule has 2 heterocycles. The Kier molecular flexibility index (Phi) is 5.73. The molecule has 0 aliphatic carbocycles. The van der Waals surface area contributed by atoms with Crippen molar-refractivity contribution in [1.29, 1.82) is 0 Å².